The van der Waals surface area contributed by atoms with Crippen LogP contribution in [-0.2, 0) is 6.42 Å². The van der Waals surface area contributed by atoms with Crippen molar-refractivity contribution in [3.05, 3.63) is 72.4 Å². The van der Waals surface area contributed by atoms with Gasteiger partial charge in [-0.25, -0.2) is 0 Å². The van der Waals surface area contributed by atoms with Crippen LogP contribution in [-0.4, -0.2) is 35.7 Å². The highest BCUT2D eigenvalue weighted by Gasteiger charge is 2.11. The number of pyridine rings is 1. The van der Waals surface area contributed by atoms with E-state index < -0.39 is 0 Å². The van der Waals surface area contributed by atoms with E-state index in [-0.39, 0.29) is 0 Å². The molecule has 2 aromatic carbocycles. The molecule has 0 saturated heterocycles. The van der Waals surface area contributed by atoms with Gasteiger partial charge in [-0.3, -0.25) is 4.98 Å². The second-order valence-electron chi connectivity index (χ2n) is 6.53. The number of hydrogen-bond acceptors (Lipinski definition) is 6. The number of para-hydroxylation sites is 1. The Kier molecular flexibility index (Phi) is 5.52. The molecule has 0 aliphatic carbocycles. The van der Waals surface area contributed by atoms with Crippen LogP contribution in [0.5, 0.6) is 11.8 Å². The fourth-order valence-corrected chi connectivity index (χ4v) is 3.18. The smallest absolute Gasteiger partial charge is 0.318 e. The van der Waals surface area contributed by atoms with Gasteiger partial charge < -0.3 is 14.8 Å². The minimum atomic E-state index is 0.322. The molecule has 0 fully saturated rings. The van der Waals surface area contributed by atoms with Crippen LogP contribution in [0.2, 0.25) is 0 Å². The van der Waals surface area contributed by atoms with Crippen LogP contribution in [0.3, 0.4) is 0 Å². The molecule has 146 valence electrons. The van der Waals surface area contributed by atoms with Crippen LogP contribution >= 0.6 is 0 Å². The lowest BCUT2D eigenvalue weighted by Crippen LogP contribution is -2.08. The summed E-state index contributed by atoms with van der Waals surface area (Å²) in [7, 11) is 3.24. The Hall–Kier alpha value is -3.67. The highest BCUT2D eigenvalue weighted by Crippen LogP contribution is 2.28. The van der Waals surface area contributed by atoms with E-state index in [0.29, 0.717) is 11.8 Å². The molecule has 0 aliphatic rings. The molecule has 0 saturated carbocycles. The number of anilines is 1. The number of nitrogens with zero attached hydrogens (tertiary/aromatic N) is 3. The van der Waals surface area contributed by atoms with Gasteiger partial charge in [-0.2, -0.15) is 9.97 Å². The average molecular weight is 386 g/mol. The van der Waals surface area contributed by atoms with E-state index >= 15 is 0 Å². The summed E-state index contributed by atoms with van der Waals surface area (Å²) in [6, 6.07) is 20.3. The van der Waals surface area contributed by atoms with Gasteiger partial charge in [-0.05, 0) is 30.2 Å². The van der Waals surface area contributed by atoms with Crippen molar-refractivity contribution >= 4 is 16.7 Å². The summed E-state index contributed by atoms with van der Waals surface area (Å²) in [5, 5.41) is 4.44. The standard InChI is InChI=1S/C23H22N4O2/c1-28-18-10-8-16(9-11-18)12-14-24-21-15-20(26-23(27-21)29-2)19-7-3-5-17-6-4-13-25-22(17)19/h3-11,13,15H,12,14H2,1-2H3,(H,24,26,27). The van der Waals surface area contributed by atoms with Crippen LogP contribution < -0.4 is 14.8 Å². The van der Waals surface area contributed by atoms with Gasteiger partial charge in [0.1, 0.15) is 11.6 Å². The first-order valence-corrected chi connectivity index (χ1v) is 9.41. The maximum Gasteiger partial charge on any atom is 0.318 e. The second kappa shape index (κ2) is 8.56. The van der Waals surface area contributed by atoms with E-state index in [0.717, 1.165) is 40.9 Å². The molecule has 6 heteroatoms. The van der Waals surface area contributed by atoms with Gasteiger partial charge in [-0.1, -0.05) is 36.4 Å². The van der Waals surface area contributed by atoms with Crippen LogP contribution in [0, 0.1) is 0 Å². The largest absolute Gasteiger partial charge is 0.497 e. The monoisotopic (exact) mass is 386 g/mol. The van der Waals surface area contributed by atoms with Gasteiger partial charge >= 0.3 is 6.01 Å². The Morgan fingerprint density at radius 3 is 2.52 bits per heavy atom. The first kappa shape index (κ1) is 18.7. The van der Waals surface area contributed by atoms with Gasteiger partial charge in [0.15, 0.2) is 0 Å². The van der Waals surface area contributed by atoms with Crippen molar-refractivity contribution in [3.63, 3.8) is 0 Å². The van der Waals surface area contributed by atoms with Gasteiger partial charge in [0.05, 0.1) is 25.4 Å². The highest BCUT2D eigenvalue weighted by atomic mass is 16.5. The third kappa shape index (κ3) is 4.27. The van der Waals surface area contributed by atoms with Crippen molar-refractivity contribution in [2.45, 2.75) is 6.42 Å². The first-order chi connectivity index (χ1) is 14.3. The number of nitrogens with one attached hydrogen (secondary N) is 1. The second-order valence-corrected chi connectivity index (χ2v) is 6.53. The van der Waals surface area contributed by atoms with E-state index in [1.807, 2.05) is 48.5 Å². The predicted molar refractivity (Wildman–Crippen MR) is 115 cm³/mol. The summed E-state index contributed by atoms with van der Waals surface area (Å²) in [4.78, 5) is 13.5. The van der Waals surface area contributed by atoms with Crippen molar-refractivity contribution < 1.29 is 9.47 Å². The van der Waals surface area contributed by atoms with E-state index in [2.05, 4.69) is 32.4 Å². The number of benzene rings is 2. The van der Waals surface area contributed by atoms with Crippen LogP contribution in [0.4, 0.5) is 5.82 Å². The zero-order chi connectivity index (χ0) is 20.1. The SMILES string of the molecule is COc1ccc(CCNc2cc(-c3cccc4cccnc34)nc(OC)n2)cc1. The van der Waals surface area contributed by atoms with Gasteiger partial charge in [0, 0.05) is 29.8 Å². The predicted octanol–water partition coefficient (Wildman–Crippen LogP) is 4.36. The maximum atomic E-state index is 5.32. The summed E-state index contributed by atoms with van der Waals surface area (Å²) >= 11 is 0. The highest BCUT2D eigenvalue weighted by molar-refractivity contribution is 5.92. The Labute approximate surface area is 169 Å². The molecule has 4 aromatic rings. The van der Waals surface area contributed by atoms with Gasteiger partial charge in [0.2, 0.25) is 0 Å². The molecule has 0 atom stereocenters. The lowest BCUT2D eigenvalue weighted by atomic mass is 10.1. The number of aromatic nitrogens is 3. The summed E-state index contributed by atoms with van der Waals surface area (Å²) in [5.74, 6) is 1.57. The zero-order valence-electron chi connectivity index (χ0n) is 16.4. The minimum Gasteiger partial charge on any atom is -0.497 e. The molecule has 4 rings (SSSR count). The van der Waals surface area contributed by atoms with Crippen LogP contribution in [0.15, 0.2) is 66.9 Å². The maximum absolute atomic E-state index is 5.32. The summed E-state index contributed by atoms with van der Waals surface area (Å²) < 4.78 is 10.5. The van der Waals surface area contributed by atoms with Crippen molar-refractivity contribution in [2.75, 3.05) is 26.1 Å². The van der Waals surface area contributed by atoms with Crippen molar-refractivity contribution in [1.82, 2.24) is 15.0 Å². The number of methoxy groups -OCH3 is 2. The lowest BCUT2D eigenvalue weighted by molar-refractivity contribution is 0.381. The molecule has 0 radical (unpaired) electrons. The molecule has 6 nitrogen and oxygen atoms in total. The molecule has 2 aromatic heterocycles. The third-order valence-corrected chi connectivity index (χ3v) is 4.68. The van der Waals surface area contributed by atoms with Crippen LogP contribution in [0.25, 0.3) is 22.2 Å². The Balaban J connectivity index is 1.56. The average Bonchev–Trinajstić information content (AvgIpc) is 2.79. The van der Waals surface area contributed by atoms with Crippen LogP contribution in [0.1, 0.15) is 5.56 Å². The molecule has 0 spiro atoms. The van der Waals surface area contributed by atoms with E-state index in [4.69, 9.17) is 9.47 Å². The molecule has 0 unspecified atom stereocenters. The van der Waals surface area contributed by atoms with E-state index in [1.54, 1.807) is 20.4 Å². The Morgan fingerprint density at radius 1 is 0.897 bits per heavy atom. The number of ether oxygens (including phenoxy) is 2. The molecule has 0 amide bonds. The fourth-order valence-electron chi connectivity index (χ4n) is 3.18. The molecule has 29 heavy (non-hydrogen) atoms. The third-order valence-electron chi connectivity index (χ3n) is 4.68. The summed E-state index contributed by atoms with van der Waals surface area (Å²) in [5.41, 5.74) is 3.84. The lowest BCUT2D eigenvalue weighted by Gasteiger charge is -2.11. The number of rotatable bonds is 7. The molecule has 0 aliphatic heterocycles. The molecule has 1 N–H and O–H groups in total. The Bertz CT molecular complexity index is 1110. The van der Waals surface area contributed by atoms with E-state index in [1.165, 1.54) is 5.56 Å². The van der Waals surface area contributed by atoms with Crippen molar-refractivity contribution in [3.8, 4) is 23.0 Å². The Morgan fingerprint density at radius 2 is 1.72 bits per heavy atom. The van der Waals surface area contributed by atoms with E-state index in [9.17, 15) is 0 Å². The quantitative estimate of drug-likeness (QED) is 0.509. The molecular weight excluding hydrogens is 364 g/mol. The zero-order valence-corrected chi connectivity index (χ0v) is 16.4. The molecule has 2 heterocycles. The van der Waals surface area contributed by atoms with Gasteiger partial charge in [0.25, 0.3) is 0 Å². The fraction of sp³-hybridized carbons (Fsp3) is 0.174. The van der Waals surface area contributed by atoms with Crippen molar-refractivity contribution in [1.29, 1.82) is 0 Å². The summed E-state index contributed by atoms with van der Waals surface area (Å²) in [6.45, 7) is 0.736. The van der Waals surface area contributed by atoms with Crippen molar-refractivity contribution in [2.24, 2.45) is 0 Å². The molecular formula is C23H22N4O2. The molecule has 0 bridgehead atoms. The first-order valence-electron chi connectivity index (χ1n) is 9.41. The number of fused-ring (bicyclic) bond motifs is 1. The normalized spacial score (nSPS) is 10.7. The minimum absolute atomic E-state index is 0.322. The topological polar surface area (TPSA) is 69.2 Å². The summed E-state index contributed by atoms with van der Waals surface area (Å²) in [6.07, 6.45) is 2.65. The number of hydrogen-bond donors (Lipinski definition) is 1. The van der Waals surface area contributed by atoms with Gasteiger partial charge in [-0.15, -0.1) is 0 Å².